The maximum atomic E-state index is 17.4. The molecule has 0 bridgehead atoms. The zero-order valence-corrected chi connectivity index (χ0v) is 22.3. The van der Waals surface area contributed by atoms with Crippen LogP contribution in [0.25, 0.3) is 0 Å². The van der Waals surface area contributed by atoms with Gasteiger partial charge in [0, 0.05) is 22.7 Å². The zero-order valence-electron chi connectivity index (χ0n) is 21.5. The minimum absolute atomic E-state index is 0.0207. The van der Waals surface area contributed by atoms with Crippen LogP contribution in [0.3, 0.4) is 0 Å². The van der Waals surface area contributed by atoms with Crippen LogP contribution in [0.5, 0.6) is 0 Å². The Morgan fingerprint density at radius 1 is 1.26 bits per heavy atom. The summed E-state index contributed by atoms with van der Waals surface area (Å²) < 4.78 is 57.2. The Morgan fingerprint density at radius 3 is 2.61 bits per heavy atom. The lowest BCUT2D eigenvalue weighted by Crippen LogP contribution is -2.71. The minimum atomic E-state index is -2.37. The molecule has 206 valence electrons. The van der Waals surface area contributed by atoms with Gasteiger partial charge in [0.15, 0.2) is 11.5 Å². The Kier molecular flexibility index (Phi) is 6.22. The number of thiazole rings is 1. The second kappa shape index (κ2) is 8.74. The Labute approximate surface area is 222 Å². The Hall–Kier alpha value is -2.53. The molecule has 1 aromatic rings. The molecule has 3 saturated carbocycles. The maximum absolute atomic E-state index is 17.4. The van der Waals surface area contributed by atoms with Crippen molar-refractivity contribution < 1.29 is 42.1 Å². The van der Waals surface area contributed by atoms with E-state index in [1.165, 1.54) is 24.6 Å². The van der Waals surface area contributed by atoms with Crippen LogP contribution in [0.2, 0.25) is 0 Å². The molecule has 4 aliphatic carbocycles. The molecular formula is C27H30F3NO6S. The second-order valence-corrected chi connectivity index (χ2v) is 12.3. The number of halogens is 3. The van der Waals surface area contributed by atoms with E-state index in [2.05, 4.69) is 4.98 Å². The van der Waals surface area contributed by atoms with Gasteiger partial charge in [-0.2, -0.15) is 0 Å². The highest BCUT2D eigenvalue weighted by Crippen LogP contribution is 2.71. The first-order valence-electron chi connectivity index (χ1n) is 12.6. The van der Waals surface area contributed by atoms with Crippen LogP contribution in [-0.4, -0.2) is 58.2 Å². The van der Waals surface area contributed by atoms with Crippen molar-refractivity contribution in [2.24, 2.45) is 28.6 Å². The van der Waals surface area contributed by atoms with Crippen molar-refractivity contribution >= 4 is 29.1 Å². The van der Waals surface area contributed by atoms with E-state index in [0.29, 0.717) is 5.69 Å². The summed E-state index contributed by atoms with van der Waals surface area (Å²) in [6, 6.07) is 0. The summed E-state index contributed by atoms with van der Waals surface area (Å²) in [7, 11) is 0. The average Bonchev–Trinajstić information content (AvgIpc) is 3.37. The Balaban J connectivity index is 1.64. The summed E-state index contributed by atoms with van der Waals surface area (Å²) in [6.07, 6.45) is -0.318. The number of ketones is 1. The van der Waals surface area contributed by atoms with Gasteiger partial charge in [0.05, 0.1) is 17.3 Å². The number of rotatable bonds is 4. The van der Waals surface area contributed by atoms with Crippen LogP contribution in [0.15, 0.2) is 29.3 Å². The number of carbonyl (C=O) groups excluding carboxylic acids is 3. The molecule has 1 heterocycles. The van der Waals surface area contributed by atoms with Gasteiger partial charge in [-0.15, -0.1) is 11.3 Å². The van der Waals surface area contributed by atoms with E-state index in [1.807, 2.05) is 0 Å². The van der Waals surface area contributed by atoms with Gasteiger partial charge in [0.2, 0.25) is 12.5 Å². The van der Waals surface area contributed by atoms with E-state index < -0.39 is 76.7 Å². The van der Waals surface area contributed by atoms with E-state index in [1.54, 1.807) is 20.8 Å². The molecule has 0 amide bonds. The summed E-state index contributed by atoms with van der Waals surface area (Å²) in [5.41, 5.74) is -5.66. The number of allylic oxidation sites excluding steroid dienone is 4. The zero-order chi connectivity index (χ0) is 27.8. The third-order valence-corrected chi connectivity index (χ3v) is 10.8. The lowest BCUT2D eigenvalue weighted by Gasteiger charge is -2.63. The first kappa shape index (κ1) is 27.1. The lowest BCUT2D eigenvalue weighted by atomic mass is 9.44. The van der Waals surface area contributed by atoms with Crippen molar-refractivity contribution in [1.29, 1.82) is 0 Å². The Bertz CT molecular complexity index is 1270. The monoisotopic (exact) mass is 553 g/mol. The molecule has 4 aliphatic rings. The summed E-state index contributed by atoms with van der Waals surface area (Å²) in [4.78, 5) is 43.0. The van der Waals surface area contributed by atoms with E-state index in [4.69, 9.17) is 9.47 Å². The summed E-state index contributed by atoms with van der Waals surface area (Å²) in [5, 5.41) is 11.5. The van der Waals surface area contributed by atoms with Crippen molar-refractivity contribution in [2.75, 3.05) is 6.86 Å². The molecule has 5 rings (SSSR count). The van der Waals surface area contributed by atoms with Crippen molar-refractivity contribution in [2.45, 2.75) is 70.5 Å². The van der Waals surface area contributed by atoms with Gasteiger partial charge in [0.1, 0.15) is 11.0 Å². The summed E-state index contributed by atoms with van der Waals surface area (Å²) in [5.74, 6) is -5.05. The predicted molar refractivity (Wildman–Crippen MR) is 130 cm³/mol. The van der Waals surface area contributed by atoms with E-state index in [9.17, 15) is 23.9 Å². The molecule has 1 N–H and O–H groups in total. The van der Waals surface area contributed by atoms with Gasteiger partial charge >= 0.3 is 11.9 Å². The normalized spacial score (nSPS) is 43.5. The largest absolute Gasteiger partial charge is 0.442 e. The molecule has 0 spiro atoms. The fraction of sp³-hybridized carbons (Fsp3) is 0.630. The molecule has 0 aromatic carbocycles. The molecule has 0 radical (unpaired) electrons. The molecule has 3 fully saturated rings. The predicted octanol–water partition coefficient (Wildman–Crippen LogP) is 4.38. The van der Waals surface area contributed by atoms with Crippen LogP contribution in [0.4, 0.5) is 13.2 Å². The number of nitrogens with zero attached hydrogens (tertiary/aromatic N) is 1. The van der Waals surface area contributed by atoms with E-state index in [0.717, 1.165) is 17.4 Å². The number of carbonyl (C=O) groups is 3. The molecule has 1 aromatic heterocycles. The smallest absolute Gasteiger partial charge is 0.353 e. The average molecular weight is 554 g/mol. The van der Waals surface area contributed by atoms with E-state index in [-0.39, 0.29) is 29.7 Å². The molecule has 7 nitrogen and oxygen atoms in total. The molecule has 11 heteroatoms. The number of alkyl halides is 3. The third kappa shape index (κ3) is 3.23. The van der Waals surface area contributed by atoms with Crippen LogP contribution in [-0.2, 0) is 19.1 Å². The highest BCUT2D eigenvalue weighted by Gasteiger charge is 2.78. The van der Waals surface area contributed by atoms with Crippen molar-refractivity contribution in [3.05, 3.63) is 39.9 Å². The Morgan fingerprint density at radius 2 is 1.97 bits per heavy atom. The number of esters is 2. The number of aryl methyl sites for hydroxylation is 1. The quantitative estimate of drug-likeness (QED) is 0.552. The number of ether oxygens (including phenoxy) is 2. The number of aliphatic hydroxyl groups is 1. The third-order valence-electron chi connectivity index (χ3n) is 9.84. The molecule has 0 aliphatic heterocycles. The second-order valence-electron chi connectivity index (χ2n) is 11.4. The maximum Gasteiger partial charge on any atom is 0.353 e. The molecule has 9 atom stereocenters. The molecule has 0 saturated heterocycles. The first-order chi connectivity index (χ1) is 17.8. The summed E-state index contributed by atoms with van der Waals surface area (Å²) in [6.45, 7) is 4.83. The van der Waals surface area contributed by atoms with Crippen LogP contribution in [0.1, 0.15) is 55.4 Å². The highest BCUT2D eigenvalue weighted by molar-refractivity contribution is 7.11. The van der Waals surface area contributed by atoms with Gasteiger partial charge < -0.3 is 14.6 Å². The van der Waals surface area contributed by atoms with Crippen LogP contribution >= 0.6 is 11.3 Å². The summed E-state index contributed by atoms with van der Waals surface area (Å²) >= 11 is 1.01. The van der Waals surface area contributed by atoms with Gasteiger partial charge in [-0.25, -0.2) is 27.7 Å². The molecule has 0 unspecified atom stereocenters. The SMILES string of the molecule is Cc1ncsc1C(=O)O[C@]1(C(=O)OCF)[C@H](C)C[C@H]2[C@@H]3C[C@H](F)C4=CC(=O)C=C[C@]4(C)[C@@]3(F)[C@@H](O)C[C@@]21C. The number of aliphatic hydroxyl groups excluding tert-OH is 1. The standard InChI is InChI=1S/C27H30F3NO6S/c1-13-7-16-17-9-19(29)18-8-15(32)5-6-24(18,3)26(17,30)20(33)10-25(16,4)27(13,23(35)36-11-28)37-22(34)21-14(2)31-12-38-21/h5-6,8,12-13,16-17,19-20,33H,7,9-11H2,1-4H3/t13-,16+,17+,19+,20+,24+,25+,26+,27+/m1/s1. The first-order valence-corrected chi connectivity index (χ1v) is 13.5. The fourth-order valence-corrected chi connectivity index (χ4v) is 8.74. The van der Waals surface area contributed by atoms with Crippen LogP contribution in [0, 0.1) is 35.5 Å². The fourth-order valence-electron chi connectivity index (χ4n) is 8.06. The van der Waals surface area contributed by atoms with E-state index >= 15 is 8.78 Å². The number of aromatic nitrogens is 1. The van der Waals surface area contributed by atoms with Crippen molar-refractivity contribution in [3.8, 4) is 0 Å². The van der Waals surface area contributed by atoms with Gasteiger partial charge in [-0.05, 0) is 56.8 Å². The number of fused-ring (bicyclic) bond motifs is 5. The van der Waals surface area contributed by atoms with Gasteiger partial charge in [-0.1, -0.05) is 19.9 Å². The number of hydrogen-bond acceptors (Lipinski definition) is 8. The van der Waals surface area contributed by atoms with Crippen LogP contribution < -0.4 is 0 Å². The topological polar surface area (TPSA) is 103 Å². The van der Waals surface area contributed by atoms with Crippen molar-refractivity contribution in [3.63, 3.8) is 0 Å². The van der Waals surface area contributed by atoms with Gasteiger partial charge in [0.25, 0.3) is 0 Å². The number of hydrogen-bond donors (Lipinski definition) is 1. The van der Waals surface area contributed by atoms with Gasteiger partial charge in [-0.3, -0.25) is 4.79 Å². The lowest BCUT2D eigenvalue weighted by molar-refractivity contribution is -0.232. The van der Waals surface area contributed by atoms with Crippen molar-refractivity contribution in [1.82, 2.24) is 4.98 Å². The minimum Gasteiger partial charge on any atom is -0.442 e. The highest BCUT2D eigenvalue weighted by atomic mass is 32.1. The molecule has 38 heavy (non-hydrogen) atoms. The molecular weight excluding hydrogens is 523 g/mol.